The predicted octanol–water partition coefficient (Wildman–Crippen LogP) is 2.17. The first-order chi connectivity index (χ1) is 6.76. The fraction of sp³-hybridized carbons (Fsp3) is 0.364. The summed E-state index contributed by atoms with van der Waals surface area (Å²) in [5.41, 5.74) is 1.14. The standard InChI is InChI=1S/C11H15NO2/c1-3-5-9(6-4-2)7-10-8-14-11(13)12-10/h3-6,10H,1,7-8H2,2H3,(H,12,13)/b6-4-,9-5+/t10-/m0/s1. The van der Waals surface area contributed by atoms with E-state index in [0.717, 1.165) is 12.0 Å². The SMILES string of the molecule is C=C/C=C(\C=C/C)C[C@H]1COC(=O)N1. The molecular weight excluding hydrogens is 178 g/mol. The first-order valence-electron chi connectivity index (χ1n) is 4.64. The van der Waals surface area contributed by atoms with Crippen molar-refractivity contribution in [2.24, 2.45) is 0 Å². The van der Waals surface area contributed by atoms with Crippen molar-refractivity contribution in [2.45, 2.75) is 19.4 Å². The highest BCUT2D eigenvalue weighted by Crippen LogP contribution is 2.11. The highest BCUT2D eigenvalue weighted by molar-refractivity contribution is 5.69. The summed E-state index contributed by atoms with van der Waals surface area (Å²) in [4.78, 5) is 10.8. The number of cyclic esters (lactones) is 1. The molecule has 0 unspecified atom stereocenters. The molecule has 0 spiro atoms. The van der Waals surface area contributed by atoms with Crippen LogP contribution >= 0.6 is 0 Å². The molecule has 1 aliphatic heterocycles. The molecule has 1 fully saturated rings. The van der Waals surface area contributed by atoms with Crippen molar-refractivity contribution < 1.29 is 9.53 Å². The Labute approximate surface area is 84.1 Å². The van der Waals surface area contributed by atoms with E-state index in [0.29, 0.717) is 6.61 Å². The Morgan fingerprint density at radius 2 is 2.57 bits per heavy atom. The molecule has 14 heavy (non-hydrogen) atoms. The minimum absolute atomic E-state index is 0.0879. The van der Waals surface area contributed by atoms with E-state index in [1.54, 1.807) is 6.08 Å². The van der Waals surface area contributed by atoms with Crippen molar-refractivity contribution >= 4 is 6.09 Å². The van der Waals surface area contributed by atoms with Gasteiger partial charge in [0.2, 0.25) is 0 Å². The van der Waals surface area contributed by atoms with E-state index in [4.69, 9.17) is 4.74 Å². The summed E-state index contributed by atoms with van der Waals surface area (Å²) in [6.45, 7) is 6.05. The van der Waals surface area contributed by atoms with Gasteiger partial charge in [0.1, 0.15) is 6.61 Å². The number of carbonyl (C=O) groups excluding carboxylic acids is 1. The summed E-state index contributed by atoms with van der Waals surface area (Å²) in [5.74, 6) is 0. The number of rotatable bonds is 4. The van der Waals surface area contributed by atoms with Crippen LogP contribution in [0, 0.1) is 0 Å². The van der Waals surface area contributed by atoms with Crippen molar-refractivity contribution in [3.8, 4) is 0 Å². The maximum atomic E-state index is 10.8. The van der Waals surface area contributed by atoms with Crippen LogP contribution < -0.4 is 5.32 Å². The predicted molar refractivity (Wildman–Crippen MR) is 56.0 cm³/mol. The summed E-state index contributed by atoms with van der Waals surface area (Å²) < 4.78 is 4.80. The smallest absolute Gasteiger partial charge is 0.407 e. The summed E-state index contributed by atoms with van der Waals surface area (Å²) in [5, 5.41) is 2.73. The lowest BCUT2D eigenvalue weighted by Gasteiger charge is -2.07. The molecule has 0 radical (unpaired) electrons. The van der Waals surface area contributed by atoms with E-state index in [9.17, 15) is 4.79 Å². The largest absolute Gasteiger partial charge is 0.447 e. The van der Waals surface area contributed by atoms with Gasteiger partial charge in [0.25, 0.3) is 0 Å². The average Bonchev–Trinajstić information content (AvgIpc) is 2.52. The van der Waals surface area contributed by atoms with Gasteiger partial charge in [-0.25, -0.2) is 4.79 Å². The minimum atomic E-state index is -0.326. The van der Waals surface area contributed by atoms with Gasteiger partial charge >= 0.3 is 6.09 Å². The number of carbonyl (C=O) groups is 1. The Morgan fingerprint density at radius 1 is 1.79 bits per heavy atom. The molecular formula is C11H15NO2. The van der Waals surface area contributed by atoms with Gasteiger partial charge in [0.15, 0.2) is 0 Å². The molecule has 0 aliphatic carbocycles. The molecule has 1 rings (SSSR count). The second-order valence-electron chi connectivity index (χ2n) is 3.12. The lowest BCUT2D eigenvalue weighted by atomic mass is 10.1. The van der Waals surface area contributed by atoms with Crippen LogP contribution in [0.15, 0.2) is 36.5 Å². The van der Waals surface area contributed by atoms with Crippen LogP contribution in [-0.2, 0) is 4.74 Å². The molecule has 1 N–H and O–H groups in total. The van der Waals surface area contributed by atoms with E-state index in [1.807, 2.05) is 25.2 Å². The van der Waals surface area contributed by atoms with E-state index >= 15 is 0 Å². The highest BCUT2D eigenvalue weighted by Gasteiger charge is 2.21. The molecule has 1 heterocycles. The summed E-state index contributed by atoms with van der Waals surface area (Å²) >= 11 is 0. The van der Waals surface area contributed by atoms with Gasteiger partial charge < -0.3 is 10.1 Å². The second-order valence-corrected chi connectivity index (χ2v) is 3.12. The Kier molecular flexibility index (Phi) is 3.98. The Hall–Kier alpha value is -1.51. The molecule has 1 atom stereocenters. The van der Waals surface area contributed by atoms with Crippen molar-refractivity contribution in [2.75, 3.05) is 6.61 Å². The van der Waals surface area contributed by atoms with Crippen LogP contribution in [0.3, 0.4) is 0 Å². The highest BCUT2D eigenvalue weighted by atomic mass is 16.6. The number of hydrogen-bond donors (Lipinski definition) is 1. The molecule has 1 amide bonds. The lowest BCUT2D eigenvalue weighted by Crippen LogP contribution is -2.26. The zero-order valence-electron chi connectivity index (χ0n) is 8.32. The number of ether oxygens (including phenoxy) is 1. The van der Waals surface area contributed by atoms with Gasteiger partial charge in [-0.1, -0.05) is 30.9 Å². The van der Waals surface area contributed by atoms with Gasteiger partial charge in [-0.05, 0) is 18.9 Å². The van der Waals surface area contributed by atoms with Crippen LogP contribution in [0.5, 0.6) is 0 Å². The van der Waals surface area contributed by atoms with Gasteiger partial charge in [0, 0.05) is 0 Å². The maximum absolute atomic E-state index is 10.8. The number of amides is 1. The Balaban J connectivity index is 2.51. The fourth-order valence-corrected chi connectivity index (χ4v) is 1.38. The summed E-state index contributed by atoms with van der Waals surface area (Å²) in [6.07, 6.45) is 8.10. The van der Waals surface area contributed by atoms with Crippen molar-refractivity contribution in [1.29, 1.82) is 0 Å². The third-order valence-electron chi connectivity index (χ3n) is 1.93. The molecule has 76 valence electrons. The molecule has 0 aromatic rings. The lowest BCUT2D eigenvalue weighted by molar-refractivity contribution is 0.177. The topological polar surface area (TPSA) is 38.3 Å². The molecule has 3 nitrogen and oxygen atoms in total. The third kappa shape index (κ3) is 3.09. The number of nitrogens with one attached hydrogen (secondary N) is 1. The fourth-order valence-electron chi connectivity index (χ4n) is 1.38. The quantitative estimate of drug-likeness (QED) is 0.695. The monoisotopic (exact) mass is 193 g/mol. The van der Waals surface area contributed by atoms with Gasteiger partial charge in [-0.2, -0.15) is 0 Å². The average molecular weight is 193 g/mol. The van der Waals surface area contributed by atoms with Crippen LogP contribution in [0.25, 0.3) is 0 Å². The van der Waals surface area contributed by atoms with E-state index < -0.39 is 0 Å². The molecule has 0 bridgehead atoms. The molecule has 0 saturated carbocycles. The summed E-state index contributed by atoms with van der Waals surface area (Å²) in [6, 6.07) is 0.0879. The first-order valence-corrected chi connectivity index (χ1v) is 4.64. The van der Waals surface area contributed by atoms with Crippen LogP contribution in [-0.4, -0.2) is 18.7 Å². The number of alkyl carbamates (subject to hydrolysis) is 1. The van der Waals surface area contributed by atoms with Crippen LogP contribution in [0.2, 0.25) is 0 Å². The second kappa shape index (κ2) is 5.27. The molecule has 0 aromatic carbocycles. The van der Waals surface area contributed by atoms with Crippen LogP contribution in [0.1, 0.15) is 13.3 Å². The van der Waals surface area contributed by atoms with Crippen molar-refractivity contribution in [3.63, 3.8) is 0 Å². The van der Waals surface area contributed by atoms with Gasteiger partial charge in [0.05, 0.1) is 6.04 Å². The van der Waals surface area contributed by atoms with Crippen LogP contribution in [0.4, 0.5) is 4.79 Å². The van der Waals surface area contributed by atoms with E-state index in [-0.39, 0.29) is 12.1 Å². The van der Waals surface area contributed by atoms with E-state index in [2.05, 4.69) is 11.9 Å². The maximum Gasteiger partial charge on any atom is 0.407 e. The Bertz CT molecular complexity index is 279. The molecule has 1 saturated heterocycles. The first kappa shape index (κ1) is 10.6. The Morgan fingerprint density at radius 3 is 3.07 bits per heavy atom. The summed E-state index contributed by atoms with van der Waals surface area (Å²) in [7, 11) is 0. The van der Waals surface area contributed by atoms with Crippen molar-refractivity contribution in [1.82, 2.24) is 5.32 Å². The molecule has 0 aromatic heterocycles. The number of allylic oxidation sites excluding steroid dienone is 4. The zero-order valence-corrected chi connectivity index (χ0v) is 8.32. The third-order valence-corrected chi connectivity index (χ3v) is 1.93. The molecule has 1 aliphatic rings. The van der Waals surface area contributed by atoms with E-state index in [1.165, 1.54) is 0 Å². The van der Waals surface area contributed by atoms with Crippen molar-refractivity contribution in [3.05, 3.63) is 36.5 Å². The molecule has 3 heteroatoms. The zero-order chi connectivity index (χ0) is 10.4. The van der Waals surface area contributed by atoms with Gasteiger partial charge in [-0.3, -0.25) is 0 Å². The number of hydrogen-bond acceptors (Lipinski definition) is 2. The minimum Gasteiger partial charge on any atom is -0.447 e. The normalized spacial score (nSPS) is 22.2. The van der Waals surface area contributed by atoms with Gasteiger partial charge in [-0.15, -0.1) is 0 Å².